The van der Waals surface area contributed by atoms with Gasteiger partial charge in [-0.3, -0.25) is 4.98 Å². The van der Waals surface area contributed by atoms with Gasteiger partial charge in [0, 0.05) is 6.54 Å². The van der Waals surface area contributed by atoms with E-state index in [0.717, 1.165) is 11.2 Å². The normalized spacial score (nSPS) is 21.2. The van der Waals surface area contributed by atoms with Gasteiger partial charge in [-0.25, -0.2) is 0 Å². The Morgan fingerprint density at radius 2 is 1.85 bits per heavy atom. The van der Waals surface area contributed by atoms with Gasteiger partial charge in [-0.1, -0.05) is 0 Å². The number of nitrogen functional groups attached to an aromatic ring is 1. The van der Waals surface area contributed by atoms with Gasteiger partial charge in [0.1, 0.15) is 0 Å². The van der Waals surface area contributed by atoms with E-state index in [4.69, 9.17) is 20.8 Å². The topological polar surface area (TPSA) is 83.4 Å². The minimum atomic E-state index is -0.440. The Balaban J connectivity index is 2.24. The fourth-order valence-corrected chi connectivity index (χ4v) is 1.91. The first-order chi connectivity index (χ1) is 9.25. The van der Waals surface area contributed by atoms with E-state index in [9.17, 15) is 0 Å². The molecule has 1 fully saturated rings. The number of nitrogens with zero attached hydrogens (tertiary/aromatic N) is 1. The maximum atomic E-state index is 5.99. The van der Waals surface area contributed by atoms with Crippen molar-refractivity contribution < 1.29 is 9.31 Å². The highest BCUT2D eigenvalue weighted by Crippen LogP contribution is 2.38. The molecule has 1 saturated heterocycles. The van der Waals surface area contributed by atoms with Gasteiger partial charge in [0.05, 0.1) is 28.8 Å². The first kappa shape index (κ1) is 15.0. The Morgan fingerprint density at radius 1 is 1.25 bits per heavy atom. The molecule has 0 saturated carbocycles. The van der Waals surface area contributed by atoms with Crippen molar-refractivity contribution in [1.82, 2.24) is 4.98 Å². The highest BCUT2D eigenvalue weighted by Gasteiger charge is 2.52. The summed E-state index contributed by atoms with van der Waals surface area (Å²) in [4.78, 5) is 4.24. The van der Waals surface area contributed by atoms with Crippen LogP contribution < -0.4 is 11.5 Å². The highest BCUT2D eigenvalue weighted by atomic mass is 16.7. The molecule has 1 aliphatic rings. The molecule has 1 aliphatic heterocycles. The zero-order chi connectivity index (χ0) is 15.0. The van der Waals surface area contributed by atoms with E-state index in [1.165, 1.54) is 0 Å². The third-order valence-corrected chi connectivity index (χ3v) is 3.93. The molecule has 2 heterocycles. The van der Waals surface area contributed by atoms with Crippen LogP contribution >= 0.6 is 0 Å². The van der Waals surface area contributed by atoms with Crippen LogP contribution in [-0.4, -0.2) is 29.8 Å². The Morgan fingerprint density at radius 3 is 2.30 bits per heavy atom. The zero-order valence-electron chi connectivity index (χ0n) is 12.5. The number of nitrogens with two attached hydrogens (primary N) is 2. The molecule has 0 radical (unpaired) electrons. The van der Waals surface area contributed by atoms with E-state index in [1.807, 2.05) is 39.8 Å². The van der Waals surface area contributed by atoms with E-state index in [2.05, 4.69) is 4.98 Å². The molecule has 1 aromatic rings. The van der Waals surface area contributed by atoms with Gasteiger partial charge in [-0.2, -0.15) is 0 Å². The Hall–Kier alpha value is -1.37. The van der Waals surface area contributed by atoms with Crippen LogP contribution in [0.3, 0.4) is 0 Å². The van der Waals surface area contributed by atoms with Crippen molar-refractivity contribution in [2.45, 2.75) is 38.9 Å². The second kappa shape index (κ2) is 5.20. The molecule has 0 aliphatic carbocycles. The first-order valence-electron chi connectivity index (χ1n) is 6.73. The van der Waals surface area contributed by atoms with Gasteiger partial charge in [-0.15, -0.1) is 0 Å². The quantitative estimate of drug-likeness (QED) is 0.819. The summed E-state index contributed by atoms with van der Waals surface area (Å²) in [6, 6.07) is 3.65. The molecule has 2 rings (SSSR count). The molecule has 0 aromatic carbocycles. The molecule has 0 bridgehead atoms. The second-order valence-electron chi connectivity index (χ2n) is 6.03. The third-order valence-electron chi connectivity index (χ3n) is 3.93. The minimum absolute atomic E-state index is 0.350. The van der Waals surface area contributed by atoms with Crippen molar-refractivity contribution in [3.63, 3.8) is 0 Å². The van der Waals surface area contributed by atoms with Gasteiger partial charge in [0.2, 0.25) is 0 Å². The van der Waals surface area contributed by atoms with Crippen LogP contribution in [0.2, 0.25) is 0 Å². The Kier molecular flexibility index (Phi) is 3.91. The monoisotopic (exact) mass is 275 g/mol. The second-order valence-corrected chi connectivity index (χ2v) is 6.03. The maximum absolute atomic E-state index is 5.99. The molecule has 4 N–H and O–H groups in total. The Labute approximate surface area is 120 Å². The predicted octanol–water partition coefficient (Wildman–Crippen LogP) is 1.64. The average molecular weight is 275 g/mol. The van der Waals surface area contributed by atoms with E-state index in [-0.39, 0.29) is 11.2 Å². The Bertz CT molecular complexity index is 496. The SMILES string of the molecule is CC1(C)OB(C(=Cc2ccc(N)cn2)CN)OC1(C)C. The molecular weight excluding hydrogens is 253 g/mol. The summed E-state index contributed by atoms with van der Waals surface area (Å²) in [6.07, 6.45) is 3.51. The van der Waals surface area contributed by atoms with Crippen molar-refractivity contribution in [2.24, 2.45) is 5.73 Å². The summed E-state index contributed by atoms with van der Waals surface area (Å²) in [6.45, 7) is 8.42. The van der Waals surface area contributed by atoms with Gasteiger partial charge < -0.3 is 20.8 Å². The molecular formula is C14H22BN3O2. The number of hydrogen-bond acceptors (Lipinski definition) is 5. The fourth-order valence-electron chi connectivity index (χ4n) is 1.91. The lowest BCUT2D eigenvalue weighted by Crippen LogP contribution is -2.41. The van der Waals surface area contributed by atoms with Crippen LogP contribution in [0.25, 0.3) is 6.08 Å². The van der Waals surface area contributed by atoms with Gasteiger partial charge in [0.25, 0.3) is 0 Å². The molecule has 20 heavy (non-hydrogen) atoms. The molecule has 0 spiro atoms. The lowest BCUT2D eigenvalue weighted by atomic mass is 9.77. The summed E-state index contributed by atoms with van der Waals surface area (Å²) < 4.78 is 12.0. The number of anilines is 1. The molecule has 0 atom stereocenters. The largest absolute Gasteiger partial charge is 0.491 e. The van der Waals surface area contributed by atoms with Crippen LogP contribution in [0.1, 0.15) is 33.4 Å². The molecule has 5 nitrogen and oxygen atoms in total. The lowest BCUT2D eigenvalue weighted by Gasteiger charge is -2.32. The zero-order valence-corrected chi connectivity index (χ0v) is 12.5. The van der Waals surface area contributed by atoms with E-state index in [1.54, 1.807) is 12.3 Å². The first-order valence-corrected chi connectivity index (χ1v) is 6.73. The summed E-state index contributed by atoms with van der Waals surface area (Å²) in [5.74, 6) is 0. The summed E-state index contributed by atoms with van der Waals surface area (Å²) in [5, 5.41) is 0. The molecule has 108 valence electrons. The molecule has 0 amide bonds. The summed E-state index contributed by atoms with van der Waals surface area (Å²) in [7, 11) is -0.440. The van der Waals surface area contributed by atoms with Crippen molar-refractivity contribution in [3.8, 4) is 0 Å². The number of hydrogen-bond donors (Lipinski definition) is 2. The van der Waals surface area contributed by atoms with Crippen molar-refractivity contribution >= 4 is 18.9 Å². The summed E-state index contributed by atoms with van der Waals surface area (Å²) >= 11 is 0. The third kappa shape index (κ3) is 2.87. The molecule has 1 aromatic heterocycles. The summed E-state index contributed by atoms with van der Waals surface area (Å²) in [5.41, 5.74) is 13.0. The molecule has 0 unspecified atom stereocenters. The smallest absolute Gasteiger partial charge is 0.400 e. The number of aromatic nitrogens is 1. The van der Waals surface area contributed by atoms with Gasteiger partial charge in [-0.05, 0) is 51.4 Å². The standard InChI is InChI=1S/C14H22BN3O2/c1-13(2)14(3,4)20-15(19-13)10(8-16)7-12-6-5-11(17)9-18-12/h5-7,9H,8,16-17H2,1-4H3. The van der Waals surface area contributed by atoms with Crippen molar-refractivity contribution in [2.75, 3.05) is 12.3 Å². The predicted molar refractivity (Wildman–Crippen MR) is 81.8 cm³/mol. The minimum Gasteiger partial charge on any atom is -0.400 e. The van der Waals surface area contributed by atoms with Crippen molar-refractivity contribution in [3.05, 3.63) is 29.5 Å². The van der Waals surface area contributed by atoms with Crippen LogP contribution in [0.4, 0.5) is 5.69 Å². The number of rotatable bonds is 3. The van der Waals surface area contributed by atoms with Crippen LogP contribution in [0.15, 0.2) is 23.8 Å². The van der Waals surface area contributed by atoms with Gasteiger partial charge in [0.15, 0.2) is 0 Å². The van der Waals surface area contributed by atoms with E-state index >= 15 is 0 Å². The van der Waals surface area contributed by atoms with E-state index in [0.29, 0.717) is 12.2 Å². The maximum Gasteiger partial charge on any atom is 0.491 e. The fraction of sp³-hybridized carbons (Fsp3) is 0.500. The average Bonchev–Trinajstić information content (AvgIpc) is 2.57. The highest BCUT2D eigenvalue weighted by molar-refractivity contribution is 6.55. The lowest BCUT2D eigenvalue weighted by molar-refractivity contribution is 0.00578. The van der Waals surface area contributed by atoms with Crippen molar-refractivity contribution in [1.29, 1.82) is 0 Å². The van der Waals surface area contributed by atoms with Crippen LogP contribution in [0.5, 0.6) is 0 Å². The number of pyridine rings is 1. The van der Waals surface area contributed by atoms with Gasteiger partial charge >= 0.3 is 7.12 Å². The molecule has 6 heteroatoms. The van der Waals surface area contributed by atoms with E-state index < -0.39 is 7.12 Å². The van der Waals surface area contributed by atoms with Crippen LogP contribution in [0, 0.1) is 0 Å². The van der Waals surface area contributed by atoms with Crippen LogP contribution in [-0.2, 0) is 9.31 Å².